The van der Waals surface area contributed by atoms with Crippen molar-refractivity contribution < 1.29 is 0 Å². The first-order valence-corrected chi connectivity index (χ1v) is 6.28. The molecule has 1 aromatic carbocycles. The third-order valence-electron chi connectivity index (χ3n) is 3.38. The number of hydrogen-bond acceptors (Lipinski definition) is 3. The number of likely N-dealkylation sites (tertiary alicyclic amines) is 1. The Morgan fingerprint density at radius 1 is 1.24 bits per heavy atom. The molecular formula is C13H18N4. The molecule has 0 bridgehead atoms. The lowest BCUT2D eigenvalue weighted by atomic mass is 10.1. The molecule has 4 heteroatoms. The van der Waals surface area contributed by atoms with Crippen LogP contribution in [0.25, 0.3) is 11.0 Å². The zero-order chi connectivity index (χ0) is 11.7. The fraction of sp³-hybridized carbons (Fsp3) is 0.462. The van der Waals surface area contributed by atoms with Gasteiger partial charge in [-0.05, 0) is 44.1 Å². The maximum absolute atomic E-state index is 5.76. The van der Waals surface area contributed by atoms with E-state index in [2.05, 4.69) is 14.9 Å². The topological polar surface area (TPSA) is 57.9 Å². The van der Waals surface area contributed by atoms with Crippen molar-refractivity contribution >= 4 is 16.7 Å². The van der Waals surface area contributed by atoms with Crippen molar-refractivity contribution in [1.29, 1.82) is 0 Å². The Balaban J connectivity index is 1.80. The predicted molar refractivity (Wildman–Crippen MR) is 69.6 cm³/mol. The minimum Gasteiger partial charge on any atom is -0.399 e. The Kier molecular flexibility index (Phi) is 2.73. The second kappa shape index (κ2) is 4.37. The lowest BCUT2D eigenvalue weighted by Gasteiger charge is -2.25. The van der Waals surface area contributed by atoms with Gasteiger partial charge in [0.05, 0.1) is 17.6 Å². The van der Waals surface area contributed by atoms with Crippen LogP contribution in [-0.4, -0.2) is 28.0 Å². The van der Waals surface area contributed by atoms with Crippen LogP contribution in [0.2, 0.25) is 0 Å². The number of nitrogens with two attached hydrogens (primary N) is 1. The lowest BCUT2D eigenvalue weighted by molar-refractivity contribution is 0.216. The van der Waals surface area contributed by atoms with Crippen molar-refractivity contribution in [3.63, 3.8) is 0 Å². The van der Waals surface area contributed by atoms with Gasteiger partial charge in [-0.15, -0.1) is 0 Å². The fourth-order valence-electron chi connectivity index (χ4n) is 2.48. The summed E-state index contributed by atoms with van der Waals surface area (Å²) in [6, 6.07) is 5.82. The molecule has 2 aromatic rings. The van der Waals surface area contributed by atoms with Gasteiger partial charge in [-0.2, -0.15) is 0 Å². The van der Waals surface area contributed by atoms with Crippen LogP contribution in [0, 0.1) is 0 Å². The number of fused-ring (bicyclic) bond motifs is 1. The third-order valence-corrected chi connectivity index (χ3v) is 3.38. The fourth-order valence-corrected chi connectivity index (χ4v) is 2.48. The summed E-state index contributed by atoms with van der Waals surface area (Å²) in [5, 5.41) is 0. The van der Waals surface area contributed by atoms with Crippen LogP contribution in [0.15, 0.2) is 18.2 Å². The van der Waals surface area contributed by atoms with Crippen molar-refractivity contribution in [2.75, 3.05) is 18.8 Å². The highest BCUT2D eigenvalue weighted by Crippen LogP contribution is 2.17. The Morgan fingerprint density at radius 3 is 2.88 bits per heavy atom. The van der Waals surface area contributed by atoms with E-state index < -0.39 is 0 Å². The van der Waals surface area contributed by atoms with E-state index in [-0.39, 0.29) is 0 Å². The van der Waals surface area contributed by atoms with Gasteiger partial charge in [0.25, 0.3) is 0 Å². The number of anilines is 1. The molecule has 0 saturated carbocycles. The average Bonchev–Trinajstić information content (AvgIpc) is 2.71. The van der Waals surface area contributed by atoms with E-state index in [9.17, 15) is 0 Å². The number of nitrogen functional groups attached to an aromatic ring is 1. The van der Waals surface area contributed by atoms with Gasteiger partial charge in [-0.3, -0.25) is 4.90 Å². The summed E-state index contributed by atoms with van der Waals surface area (Å²) < 4.78 is 0. The zero-order valence-corrected chi connectivity index (χ0v) is 9.95. The molecule has 3 N–H and O–H groups in total. The molecular weight excluding hydrogens is 212 g/mol. The third kappa shape index (κ3) is 2.26. The molecule has 1 saturated heterocycles. The van der Waals surface area contributed by atoms with E-state index in [1.54, 1.807) is 0 Å². The van der Waals surface area contributed by atoms with Crippen LogP contribution in [0.5, 0.6) is 0 Å². The first kappa shape index (κ1) is 10.6. The average molecular weight is 230 g/mol. The van der Waals surface area contributed by atoms with Crippen LogP contribution in [-0.2, 0) is 6.54 Å². The highest BCUT2D eigenvalue weighted by molar-refractivity contribution is 5.78. The second-order valence-corrected chi connectivity index (χ2v) is 4.80. The molecule has 1 aliphatic heterocycles. The quantitative estimate of drug-likeness (QED) is 0.777. The molecule has 2 heterocycles. The Labute approximate surface area is 101 Å². The number of imidazole rings is 1. The molecule has 4 nitrogen and oxygen atoms in total. The van der Waals surface area contributed by atoms with Crippen molar-refractivity contribution in [2.45, 2.75) is 25.8 Å². The number of aromatic amines is 1. The summed E-state index contributed by atoms with van der Waals surface area (Å²) in [5.41, 5.74) is 8.59. The van der Waals surface area contributed by atoms with Crippen molar-refractivity contribution in [1.82, 2.24) is 14.9 Å². The molecule has 0 spiro atoms. The summed E-state index contributed by atoms with van der Waals surface area (Å²) in [6.45, 7) is 3.31. The van der Waals surface area contributed by atoms with Gasteiger partial charge in [0.15, 0.2) is 0 Å². The molecule has 0 aliphatic carbocycles. The predicted octanol–water partition coefficient (Wildman–Crippen LogP) is 2.13. The number of hydrogen-bond donors (Lipinski definition) is 2. The smallest absolute Gasteiger partial charge is 0.121 e. The molecule has 0 amide bonds. The molecule has 17 heavy (non-hydrogen) atoms. The van der Waals surface area contributed by atoms with Crippen LogP contribution < -0.4 is 5.73 Å². The minimum atomic E-state index is 0.783. The molecule has 3 rings (SSSR count). The van der Waals surface area contributed by atoms with Crippen LogP contribution >= 0.6 is 0 Å². The molecule has 0 radical (unpaired) electrons. The maximum Gasteiger partial charge on any atom is 0.121 e. The van der Waals surface area contributed by atoms with E-state index in [1.807, 2.05) is 18.2 Å². The molecule has 1 aromatic heterocycles. The standard InChI is InChI=1S/C13H18N4/c14-10-4-5-11-12(8-10)16-13(15-11)9-17-6-2-1-3-7-17/h4-5,8H,1-3,6-7,9,14H2,(H,15,16). The Hall–Kier alpha value is -1.55. The second-order valence-electron chi connectivity index (χ2n) is 4.80. The van der Waals surface area contributed by atoms with Crippen LogP contribution in [0.3, 0.4) is 0 Å². The zero-order valence-electron chi connectivity index (χ0n) is 9.95. The van der Waals surface area contributed by atoms with Crippen molar-refractivity contribution in [3.05, 3.63) is 24.0 Å². The molecule has 1 aliphatic rings. The van der Waals surface area contributed by atoms with Gasteiger partial charge in [-0.1, -0.05) is 6.42 Å². The van der Waals surface area contributed by atoms with Crippen LogP contribution in [0.1, 0.15) is 25.1 Å². The number of benzene rings is 1. The van der Waals surface area contributed by atoms with Gasteiger partial charge in [0.1, 0.15) is 5.82 Å². The minimum absolute atomic E-state index is 0.783. The Morgan fingerprint density at radius 2 is 2.06 bits per heavy atom. The molecule has 90 valence electrons. The number of nitrogens with one attached hydrogen (secondary N) is 1. The molecule has 0 unspecified atom stereocenters. The lowest BCUT2D eigenvalue weighted by Crippen LogP contribution is -2.29. The number of nitrogens with zero attached hydrogens (tertiary/aromatic N) is 2. The van der Waals surface area contributed by atoms with Gasteiger partial charge in [0, 0.05) is 5.69 Å². The number of aromatic nitrogens is 2. The number of piperidine rings is 1. The highest BCUT2D eigenvalue weighted by Gasteiger charge is 2.12. The molecule has 1 fully saturated rings. The van der Waals surface area contributed by atoms with Gasteiger partial charge in [-0.25, -0.2) is 4.98 Å². The van der Waals surface area contributed by atoms with E-state index in [0.717, 1.165) is 29.1 Å². The van der Waals surface area contributed by atoms with E-state index in [4.69, 9.17) is 5.73 Å². The molecule has 0 atom stereocenters. The van der Waals surface area contributed by atoms with E-state index >= 15 is 0 Å². The Bertz CT molecular complexity index is 511. The monoisotopic (exact) mass is 230 g/mol. The van der Waals surface area contributed by atoms with E-state index in [0.29, 0.717) is 0 Å². The van der Waals surface area contributed by atoms with Gasteiger partial charge >= 0.3 is 0 Å². The largest absolute Gasteiger partial charge is 0.399 e. The van der Waals surface area contributed by atoms with Crippen molar-refractivity contribution in [3.8, 4) is 0 Å². The summed E-state index contributed by atoms with van der Waals surface area (Å²) in [5.74, 6) is 1.05. The first-order chi connectivity index (χ1) is 8.31. The van der Waals surface area contributed by atoms with Crippen LogP contribution in [0.4, 0.5) is 5.69 Å². The number of H-pyrrole nitrogens is 1. The SMILES string of the molecule is Nc1ccc2nc(CN3CCCCC3)[nH]c2c1. The summed E-state index contributed by atoms with van der Waals surface area (Å²) in [4.78, 5) is 10.4. The summed E-state index contributed by atoms with van der Waals surface area (Å²) in [6.07, 6.45) is 3.99. The van der Waals surface area contributed by atoms with Gasteiger partial charge in [0.2, 0.25) is 0 Å². The maximum atomic E-state index is 5.76. The summed E-state index contributed by atoms with van der Waals surface area (Å²) >= 11 is 0. The van der Waals surface area contributed by atoms with Crippen molar-refractivity contribution in [2.24, 2.45) is 0 Å². The number of rotatable bonds is 2. The van der Waals surface area contributed by atoms with Gasteiger partial charge < -0.3 is 10.7 Å². The van der Waals surface area contributed by atoms with E-state index in [1.165, 1.54) is 32.4 Å². The normalized spacial score (nSPS) is 17.6. The highest BCUT2D eigenvalue weighted by atomic mass is 15.1. The summed E-state index contributed by atoms with van der Waals surface area (Å²) in [7, 11) is 0. The first-order valence-electron chi connectivity index (χ1n) is 6.28.